The number of pyridine rings is 1. The maximum Gasteiger partial charge on any atom is 0.417 e. The third-order valence-electron chi connectivity index (χ3n) is 5.98. The standard InChI is InChI=1S/C24H20FN5O3.ClH/c25-17-9-14(1-2-15(17)12-26)23-22(13-3-4-20-18(10-13)28-24(32)33-20)19(31)11-21(29-23)30-7-5-16(27)6-8-30;/h1-4,9-11,16H,5-8,27H2,(H,28,32)(H,29,31);1H. The molecule has 1 fully saturated rings. The summed E-state index contributed by atoms with van der Waals surface area (Å²) in [6.45, 7) is 1.39. The van der Waals surface area contributed by atoms with Crippen molar-refractivity contribution in [2.45, 2.75) is 18.9 Å². The van der Waals surface area contributed by atoms with E-state index in [0.29, 0.717) is 52.4 Å². The Hall–Kier alpha value is -3.87. The molecule has 174 valence electrons. The molecule has 34 heavy (non-hydrogen) atoms. The van der Waals surface area contributed by atoms with Crippen LogP contribution >= 0.6 is 12.4 Å². The smallest absolute Gasteiger partial charge is 0.408 e. The van der Waals surface area contributed by atoms with E-state index in [1.165, 1.54) is 18.2 Å². The van der Waals surface area contributed by atoms with Gasteiger partial charge in [-0.25, -0.2) is 9.18 Å². The summed E-state index contributed by atoms with van der Waals surface area (Å²) in [5.74, 6) is -0.650. The number of piperidine rings is 1. The molecule has 4 N–H and O–H groups in total. The summed E-state index contributed by atoms with van der Waals surface area (Å²) >= 11 is 0. The van der Waals surface area contributed by atoms with Crippen molar-refractivity contribution in [1.29, 1.82) is 5.26 Å². The van der Waals surface area contributed by atoms with Crippen LogP contribution in [0.2, 0.25) is 0 Å². The number of oxazole rings is 1. The van der Waals surface area contributed by atoms with E-state index < -0.39 is 11.6 Å². The quantitative estimate of drug-likeness (QED) is 0.410. The second-order valence-electron chi connectivity index (χ2n) is 8.13. The van der Waals surface area contributed by atoms with E-state index in [1.807, 2.05) is 6.07 Å². The number of nitrogens with two attached hydrogens (primary N) is 1. The van der Waals surface area contributed by atoms with E-state index in [2.05, 4.69) is 14.9 Å². The highest BCUT2D eigenvalue weighted by molar-refractivity contribution is 5.87. The van der Waals surface area contributed by atoms with Gasteiger partial charge in [0.1, 0.15) is 17.7 Å². The van der Waals surface area contributed by atoms with Gasteiger partial charge in [0.25, 0.3) is 0 Å². The van der Waals surface area contributed by atoms with E-state index in [-0.39, 0.29) is 29.4 Å². The van der Waals surface area contributed by atoms with Gasteiger partial charge in [-0.1, -0.05) is 12.1 Å². The lowest BCUT2D eigenvalue weighted by Gasteiger charge is -2.32. The Balaban J connectivity index is 0.00000274. The number of fused-ring (bicyclic) bond motifs is 1. The summed E-state index contributed by atoms with van der Waals surface area (Å²) in [5, 5.41) is 9.09. The molecule has 0 spiro atoms. The minimum absolute atomic E-state index is 0. The average Bonchev–Trinajstić information content (AvgIpc) is 3.18. The third-order valence-corrected chi connectivity index (χ3v) is 5.98. The Morgan fingerprint density at radius 1 is 1.06 bits per heavy atom. The van der Waals surface area contributed by atoms with Crippen molar-refractivity contribution < 1.29 is 8.81 Å². The van der Waals surface area contributed by atoms with Gasteiger partial charge in [-0.05, 0) is 42.7 Å². The van der Waals surface area contributed by atoms with Crippen LogP contribution in [0.15, 0.2) is 56.5 Å². The first-order valence-electron chi connectivity index (χ1n) is 10.5. The minimum Gasteiger partial charge on any atom is -0.408 e. The van der Waals surface area contributed by atoms with E-state index >= 15 is 0 Å². The molecule has 0 radical (unpaired) electrons. The number of hydrogen-bond acceptors (Lipinski definition) is 6. The highest BCUT2D eigenvalue weighted by atomic mass is 35.5. The molecular weight excluding hydrogens is 461 g/mol. The molecule has 5 rings (SSSR count). The molecular formula is C24H21ClFN5O3. The Labute approximate surface area is 199 Å². The monoisotopic (exact) mass is 481 g/mol. The largest absolute Gasteiger partial charge is 0.417 e. The predicted octanol–water partition coefficient (Wildman–Crippen LogP) is 3.50. The number of aromatic nitrogens is 2. The lowest BCUT2D eigenvalue weighted by atomic mass is 9.97. The second-order valence-corrected chi connectivity index (χ2v) is 8.13. The Kier molecular flexibility index (Phi) is 6.28. The Morgan fingerprint density at radius 3 is 2.50 bits per heavy atom. The number of halogens is 2. The highest BCUT2D eigenvalue weighted by Gasteiger charge is 2.21. The summed E-state index contributed by atoms with van der Waals surface area (Å²) in [6.07, 6.45) is 1.60. The minimum atomic E-state index is -0.675. The molecule has 3 heterocycles. The normalized spacial score (nSPS) is 14.1. The van der Waals surface area contributed by atoms with Crippen LogP contribution in [0.5, 0.6) is 0 Å². The van der Waals surface area contributed by atoms with Gasteiger partial charge in [0, 0.05) is 30.8 Å². The number of benzene rings is 2. The fourth-order valence-corrected chi connectivity index (χ4v) is 4.23. The average molecular weight is 482 g/mol. The SMILES string of the molecule is Cl.N#Cc1ccc(-c2[nH]c(N3CCC(N)CC3)cc(=O)c2-c2ccc3oc(=O)[nH]c3c2)cc1F. The molecule has 2 aromatic carbocycles. The number of hydrogen-bond donors (Lipinski definition) is 3. The van der Waals surface area contributed by atoms with E-state index in [0.717, 1.165) is 12.8 Å². The van der Waals surface area contributed by atoms with Gasteiger partial charge in [0.2, 0.25) is 0 Å². The molecule has 2 aromatic heterocycles. The molecule has 0 atom stereocenters. The van der Waals surface area contributed by atoms with Crippen molar-refractivity contribution in [1.82, 2.24) is 9.97 Å². The fraction of sp³-hybridized carbons (Fsp3) is 0.208. The molecule has 0 saturated carbocycles. The molecule has 4 aromatic rings. The number of nitrogens with zero attached hydrogens (tertiary/aromatic N) is 2. The van der Waals surface area contributed by atoms with Gasteiger partial charge >= 0.3 is 5.76 Å². The molecule has 0 aliphatic carbocycles. The summed E-state index contributed by atoms with van der Waals surface area (Å²) in [5.41, 5.74) is 8.19. The number of H-pyrrole nitrogens is 2. The van der Waals surface area contributed by atoms with Gasteiger partial charge in [0.05, 0.1) is 22.3 Å². The van der Waals surface area contributed by atoms with E-state index in [4.69, 9.17) is 15.4 Å². The first kappa shape index (κ1) is 23.3. The predicted molar refractivity (Wildman–Crippen MR) is 130 cm³/mol. The van der Waals surface area contributed by atoms with E-state index in [1.54, 1.807) is 24.3 Å². The maximum atomic E-state index is 14.5. The summed E-state index contributed by atoms with van der Waals surface area (Å²) in [7, 11) is 0. The molecule has 1 aliphatic rings. The van der Waals surface area contributed by atoms with Crippen LogP contribution in [-0.4, -0.2) is 29.1 Å². The zero-order valence-corrected chi connectivity index (χ0v) is 18.7. The van der Waals surface area contributed by atoms with Crippen LogP contribution in [0.4, 0.5) is 10.2 Å². The molecule has 10 heteroatoms. The van der Waals surface area contributed by atoms with Gasteiger partial charge < -0.3 is 20.0 Å². The van der Waals surface area contributed by atoms with Gasteiger partial charge in [-0.3, -0.25) is 9.78 Å². The summed E-state index contributed by atoms with van der Waals surface area (Å²) < 4.78 is 19.5. The highest BCUT2D eigenvalue weighted by Crippen LogP contribution is 2.32. The van der Waals surface area contributed by atoms with Crippen molar-refractivity contribution in [3.8, 4) is 28.5 Å². The molecule has 8 nitrogen and oxygen atoms in total. The van der Waals surface area contributed by atoms with Crippen LogP contribution in [0, 0.1) is 17.1 Å². The number of nitriles is 1. The van der Waals surface area contributed by atoms with Crippen LogP contribution < -0.4 is 21.8 Å². The van der Waals surface area contributed by atoms with Crippen molar-refractivity contribution in [2.75, 3.05) is 18.0 Å². The lowest BCUT2D eigenvalue weighted by molar-refractivity contribution is 0.498. The number of rotatable bonds is 3. The van der Waals surface area contributed by atoms with Crippen molar-refractivity contribution in [3.63, 3.8) is 0 Å². The van der Waals surface area contributed by atoms with Crippen LogP contribution in [0.1, 0.15) is 18.4 Å². The van der Waals surface area contributed by atoms with E-state index in [9.17, 15) is 14.0 Å². The lowest BCUT2D eigenvalue weighted by Crippen LogP contribution is -2.40. The fourth-order valence-electron chi connectivity index (χ4n) is 4.23. The van der Waals surface area contributed by atoms with Gasteiger partial charge in [0.15, 0.2) is 11.0 Å². The van der Waals surface area contributed by atoms with Crippen LogP contribution in [0.3, 0.4) is 0 Å². The maximum absolute atomic E-state index is 14.5. The zero-order chi connectivity index (χ0) is 23.1. The second kappa shape index (κ2) is 9.17. The Bertz CT molecular complexity index is 1530. The molecule has 1 aliphatic heterocycles. The first-order chi connectivity index (χ1) is 15.9. The van der Waals surface area contributed by atoms with Crippen molar-refractivity contribution in [2.24, 2.45) is 5.73 Å². The molecule has 0 unspecified atom stereocenters. The molecule has 1 saturated heterocycles. The summed E-state index contributed by atoms with van der Waals surface area (Å²) in [4.78, 5) is 32.9. The first-order valence-corrected chi connectivity index (χ1v) is 10.5. The van der Waals surface area contributed by atoms with Crippen LogP contribution in [0.25, 0.3) is 33.5 Å². The molecule has 0 amide bonds. The van der Waals surface area contributed by atoms with Gasteiger partial charge in [-0.15, -0.1) is 12.4 Å². The number of aromatic amines is 2. The topological polar surface area (TPSA) is 132 Å². The molecule has 0 bridgehead atoms. The third kappa shape index (κ3) is 4.21. The van der Waals surface area contributed by atoms with Gasteiger partial charge in [-0.2, -0.15) is 5.26 Å². The van der Waals surface area contributed by atoms with Crippen LogP contribution in [-0.2, 0) is 0 Å². The summed E-state index contributed by atoms with van der Waals surface area (Å²) in [6, 6.07) is 12.6. The number of nitrogens with one attached hydrogen (secondary N) is 2. The zero-order valence-electron chi connectivity index (χ0n) is 17.9. The Morgan fingerprint density at radius 2 is 1.79 bits per heavy atom. The van der Waals surface area contributed by atoms with Crippen molar-refractivity contribution in [3.05, 3.63) is 74.6 Å². The van der Waals surface area contributed by atoms with Crippen molar-refractivity contribution >= 4 is 29.3 Å². The number of anilines is 1.